The van der Waals surface area contributed by atoms with E-state index in [9.17, 15) is 9.18 Å². The molecule has 2 aromatic rings. The predicted molar refractivity (Wildman–Crippen MR) is 109 cm³/mol. The average molecular weight is 384 g/mol. The van der Waals surface area contributed by atoms with Crippen LogP contribution in [-0.4, -0.2) is 49.2 Å². The van der Waals surface area contributed by atoms with Crippen molar-refractivity contribution < 1.29 is 13.9 Å². The fraction of sp³-hybridized carbons (Fsp3) is 0.435. The summed E-state index contributed by atoms with van der Waals surface area (Å²) >= 11 is 0. The van der Waals surface area contributed by atoms with Gasteiger partial charge in [-0.2, -0.15) is 0 Å². The Balaban J connectivity index is 1.69. The van der Waals surface area contributed by atoms with E-state index in [1.165, 1.54) is 6.07 Å². The van der Waals surface area contributed by atoms with Gasteiger partial charge in [-0.15, -0.1) is 0 Å². The van der Waals surface area contributed by atoms with E-state index in [1.807, 2.05) is 36.4 Å². The smallest absolute Gasteiger partial charge is 0.221 e. The fourth-order valence-electron chi connectivity index (χ4n) is 3.70. The number of carbonyl (C=O) groups is 1. The second-order valence-corrected chi connectivity index (χ2v) is 7.88. The molecule has 1 atom stereocenters. The monoisotopic (exact) mass is 384 g/mol. The molecule has 1 unspecified atom stereocenters. The zero-order valence-electron chi connectivity index (χ0n) is 16.7. The minimum absolute atomic E-state index is 0.0709. The van der Waals surface area contributed by atoms with Crippen LogP contribution in [0.1, 0.15) is 37.3 Å². The summed E-state index contributed by atoms with van der Waals surface area (Å²) in [5.74, 6) is -0.662. The Morgan fingerprint density at radius 1 is 1.11 bits per heavy atom. The molecule has 1 saturated heterocycles. The molecular formula is C23H29FN2O2. The number of amides is 1. The predicted octanol–water partition coefficient (Wildman–Crippen LogP) is 3.57. The van der Waals surface area contributed by atoms with Crippen LogP contribution >= 0.6 is 0 Å². The Bertz CT molecular complexity index is 773. The van der Waals surface area contributed by atoms with Gasteiger partial charge in [0, 0.05) is 37.5 Å². The van der Waals surface area contributed by atoms with E-state index in [1.54, 1.807) is 12.1 Å². The van der Waals surface area contributed by atoms with E-state index >= 15 is 0 Å². The summed E-state index contributed by atoms with van der Waals surface area (Å²) in [4.78, 5) is 15.1. The van der Waals surface area contributed by atoms with Gasteiger partial charge in [0.15, 0.2) is 0 Å². The lowest BCUT2D eigenvalue weighted by Crippen LogP contribution is -2.55. The van der Waals surface area contributed by atoms with Gasteiger partial charge in [-0.25, -0.2) is 4.39 Å². The van der Waals surface area contributed by atoms with Crippen molar-refractivity contribution in [2.24, 2.45) is 0 Å². The van der Waals surface area contributed by atoms with Gasteiger partial charge < -0.3 is 10.1 Å². The first-order chi connectivity index (χ1) is 13.5. The van der Waals surface area contributed by atoms with Crippen LogP contribution < -0.4 is 5.32 Å². The molecular weight excluding hydrogens is 355 g/mol. The van der Waals surface area contributed by atoms with Crippen molar-refractivity contribution in [3.63, 3.8) is 0 Å². The molecule has 0 bridgehead atoms. The molecule has 5 heteroatoms. The van der Waals surface area contributed by atoms with E-state index in [2.05, 4.69) is 24.1 Å². The highest BCUT2D eigenvalue weighted by Crippen LogP contribution is 2.30. The first-order valence-corrected chi connectivity index (χ1v) is 9.86. The summed E-state index contributed by atoms with van der Waals surface area (Å²) < 4.78 is 19.9. The lowest BCUT2D eigenvalue weighted by atomic mass is 9.88. The standard InChI is InChI=1S/C23H29FN2O2/c1-23(2,26-12-14-28-15-13-26)17-25-22(27)16-20(18-8-4-3-5-9-18)19-10-6-7-11-21(19)24/h3-11,20H,12-17H2,1-2H3,(H,25,27). The third-order valence-electron chi connectivity index (χ3n) is 5.46. The molecule has 1 N–H and O–H groups in total. The number of morpholine rings is 1. The van der Waals surface area contributed by atoms with Crippen LogP contribution in [0.25, 0.3) is 0 Å². The summed E-state index contributed by atoms with van der Waals surface area (Å²) in [6.07, 6.45) is 0.212. The Hall–Kier alpha value is -2.24. The maximum absolute atomic E-state index is 14.4. The number of hydrogen-bond acceptors (Lipinski definition) is 3. The van der Waals surface area contributed by atoms with Crippen LogP contribution in [0.2, 0.25) is 0 Å². The Labute approximate surface area is 166 Å². The lowest BCUT2D eigenvalue weighted by molar-refractivity contribution is -0.122. The topological polar surface area (TPSA) is 41.6 Å². The zero-order chi connectivity index (χ0) is 20.0. The Morgan fingerprint density at radius 2 is 1.75 bits per heavy atom. The maximum atomic E-state index is 14.4. The van der Waals surface area contributed by atoms with Gasteiger partial charge in [0.2, 0.25) is 5.91 Å². The van der Waals surface area contributed by atoms with Crippen molar-refractivity contribution in [3.8, 4) is 0 Å². The molecule has 0 aromatic heterocycles. The second kappa shape index (κ2) is 9.30. The molecule has 28 heavy (non-hydrogen) atoms. The first kappa shape index (κ1) is 20.5. The van der Waals surface area contributed by atoms with Gasteiger partial charge in [0.25, 0.3) is 0 Å². The van der Waals surface area contributed by atoms with Crippen molar-refractivity contribution >= 4 is 5.91 Å². The number of hydrogen-bond donors (Lipinski definition) is 1. The Kier molecular flexibility index (Phi) is 6.81. The van der Waals surface area contributed by atoms with Crippen LogP contribution in [0.4, 0.5) is 4.39 Å². The van der Waals surface area contributed by atoms with Crippen LogP contribution in [0.3, 0.4) is 0 Å². The summed E-state index contributed by atoms with van der Waals surface area (Å²) in [6, 6.07) is 16.4. The van der Waals surface area contributed by atoms with Crippen molar-refractivity contribution in [1.82, 2.24) is 10.2 Å². The highest BCUT2D eigenvalue weighted by Gasteiger charge is 2.29. The number of nitrogens with one attached hydrogen (secondary N) is 1. The van der Waals surface area contributed by atoms with Crippen LogP contribution in [0.5, 0.6) is 0 Å². The van der Waals surface area contributed by atoms with Crippen molar-refractivity contribution in [2.75, 3.05) is 32.8 Å². The number of carbonyl (C=O) groups excluding carboxylic acids is 1. The van der Waals surface area contributed by atoms with Gasteiger partial charge in [0.1, 0.15) is 5.82 Å². The SMILES string of the molecule is CC(C)(CNC(=O)CC(c1ccccc1)c1ccccc1F)N1CCOCC1. The quantitative estimate of drug-likeness (QED) is 0.793. The highest BCUT2D eigenvalue weighted by atomic mass is 19.1. The van der Waals surface area contributed by atoms with E-state index in [0.29, 0.717) is 12.1 Å². The number of nitrogens with zero attached hydrogens (tertiary/aromatic N) is 1. The molecule has 1 aliphatic heterocycles. The first-order valence-electron chi connectivity index (χ1n) is 9.86. The van der Waals surface area contributed by atoms with Crippen LogP contribution in [0, 0.1) is 5.82 Å². The number of ether oxygens (including phenoxy) is 1. The molecule has 0 aliphatic carbocycles. The highest BCUT2D eigenvalue weighted by molar-refractivity contribution is 5.77. The van der Waals surface area contributed by atoms with E-state index in [4.69, 9.17) is 4.74 Å². The minimum atomic E-state index is -0.311. The average Bonchev–Trinajstić information content (AvgIpc) is 2.72. The third-order valence-corrected chi connectivity index (χ3v) is 5.46. The molecule has 2 aromatic carbocycles. The molecule has 1 heterocycles. The maximum Gasteiger partial charge on any atom is 0.221 e. The van der Waals surface area contributed by atoms with Crippen molar-refractivity contribution in [1.29, 1.82) is 0 Å². The number of rotatable bonds is 7. The normalized spacial score (nSPS) is 16.5. The molecule has 3 rings (SSSR count). The van der Waals surface area contributed by atoms with Crippen molar-refractivity contribution in [3.05, 3.63) is 71.5 Å². The molecule has 0 spiro atoms. The van der Waals surface area contributed by atoms with Crippen molar-refractivity contribution in [2.45, 2.75) is 31.7 Å². The molecule has 1 amide bonds. The molecule has 150 valence electrons. The minimum Gasteiger partial charge on any atom is -0.379 e. The second-order valence-electron chi connectivity index (χ2n) is 7.88. The third kappa shape index (κ3) is 5.18. The summed E-state index contributed by atoms with van der Waals surface area (Å²) in [5, 5.41) is 3.07. The Morgan fingerprint density at radius 3 is 2.43 bits per heavy atom. The largest absolute Gasteiger partial charge is 0.379 e. The van der Waals surface area contributed by atoms with Gasteiger partial charge in [-0.05, 0) is 31.0 Å². The van der Waals surface area contributed by atoms with Crippen LogP contribution in [-0.2, 0) is 9.53 Å². The lowest BCUT2D eigenvalue weighted by Gasteiger charge is -2.40. The molecule has 1 fully saturated rings. The van der Waals surface area contributed by atoms with E-state index in [-0.39, 0.29) is 29.6 Å². The van der Waals surface area contributed by atoms with Gasteiger partial charge in [-0.1, -0.05) is 48.5 Å². The van der Waals surface area contributed by atoms with E-state index < -0.39 is 0 Å². The van der Waals surface area contributed by atoms with Gasteiger partial charge in [-0.3, -0.25) is 9.69 Å². The van der Waals surface area contributed by atoms with Crippen LogP contribution in [0.15, 0.2) is 54.6 Å². The summed E-state index contributed by atoms with van der Waals surface area (Å²) in [5.41, 5.74) is 1.34. The summed E-state index contributed by atoms with van der Waals surface area (Å²) in [6.45, 7) is 7.98. The number of halogens is 1. The van der Waals surface area contributed by atoms with Gasteiger partial charge in [0.05, 0.1) is 13.2 Å². The zero-order valence-corrected chi connectivity index (χ0v) is 16.7. The fourth-order valence-corrected chi connectivity index (χ4v) is 3.70. The molecule has 4 nitrogen and oxygen atoms in total. The van der Waals surface area contributed by atoms with E-state index in [0.717, 1.165) is 31.9 Å². The molecule has 0 saturated carbocycles. The summed E-state index contributed by atoms with van der Waals surface area (Å²) in [7, 11) is 0. The molecule has 1 aliphatic rings. The molecule has 0 radical (unpaired) electrons. The van der Waals surface area contributed by atoms with Gasteiger partial charge >= 0.3 is 0 Å². The number of benzene rings is 2.